The molecular formula is C31H25F3N4O4S2. The number of benzene rings is 3. The number of nitrogens with zero attached hydrogens (tertiary/aromatic N) is 3. The molecule has 0 bridgehead atoms. The number of rotatable bonds is 6. The van der Waals surface area contributed by atoms with Crippen molar-refractivity contribution in [3.63, 3.8) is 0 Å². The van der Waals surface area contributed by atoms with Crippen LogP contribution in [0.2, 0.25) is 0 Å². The van der Waals surface area contributed by atoms with Crippen LogP contribution in [0.4, 0.5) is 30.2 Å². The molecule has 1 fully saturated rings. The van der Waals surface area contributed by atoms with Crippen LogP contribution in [0, 0.1) is 5.92 Å². The third-order valence-corrected chi connectivity index (χ3v) is 10.2. The number of amides is 3. The number of carbonyl (C=O) groups excluding carboxylic acids is 3. The zero-order valence-electron chi connectivity index (χ0n) is 23.4. The number of anilines is 3. The molecule has 3 heterocycles. The number of aromatic nitrogens is 1. The molecule has 0 unspecified atom stereocenters. The Hall–Kier alpha value is -4.36. The van der Waals surface area contributed by atoms with Gasteiger partial charge in [-0.2, -0.15) is 13.2 Å². The summed E-state index contributed by atoms with van der Waals surface area (Å²) < 4.78 is 43.2. The van der Waals surface area contributed by atoms with Crippen molar-refractivity contribution >= 4 is 57.9 Å². The van der Waals surface area contributed by atoms with Crippen molar-refractivity contribution in [2.45, 2.75) is 28.9 Å². The van der Waals surface area contributed by atoms with E-state index in [1.165, 1.54) is 16.7 Å². The van der Waals surface area contributed by atoms with E-state index < -0.39 is 57.1 Å². The van der Waals surface area contributed by atoms with Gasteiger partial charge in [-0.1, -0.05) is 65.6 Å². The number of para-hydroxylation sites is 2. The first-order valence-corrected chi connectivity index (χ1v) is 15.2. The first-order chi connectivity index (χ1) is 21.0. The Morgan fingerprint density at radius 2 is 1.57 bits per heavy atom. The molecule has 3 amide bonds. The highest BCUT2D eigenvalue weighted by molar-refractivity contribution is 8.00. The minimum atomic E-state index is -4.80. The van der Waals surface area contributed by atoms with Gasteiger partial charge in [0.2, 0.25) is 17.7 Å². The fourth-order valence-corrected chi connectivity index (χ4v) is 8.38. The molecule has 2 aliphatic rings. The van der Waals surface area contributed by atoms with E-state index in [-0.39, 0.29) is 6.54 Å². The smallest absolute Gasteiger partial charge is 0.378 e. The molecule has 0 saturated carbocycles. The zero-order chi connectivity index (χ0) is 31.3. The van der Waals surface area contributed by atoms with Gasteiger partial charge in [0, 0.05) is 36.3 Å². The number of halogens is 3. The number of carbonyl (C=O) groups is 3. The number of thiazole rings is 1. The molecule has 13 heteroatoms. The van der Waals surface area contributed by atoms with Gasteiger partial charge in [0.15, 0.2) is 0 Å². The van der Waals surface area contributed by atoms with Gasteiger partial charge in [-0.25, -0.2) is 4.90 Å². The summed E-state index contributed by atoms with van der Waals surface area (Å²) in [5, 5.41) is 1.97. The lowest BCUT2D eigenvalue weighted by atomic mass is 9.83. The Labute approximate surface area is 258 Å². The number of imide groups is 1. The molecule has 1 N–H and O–H groups in total. The van der Waals surface area contributed by atoms with Crippen LogP contribution in [0.1, 0.15) is 21.9 Å². The van der Waals surface area contributed by atoms with E-state index in [2.05, 4.69) is 5.32 Å². The summed E-state index contributed by atoms with van der Waals surface area (Å²) in [5.41, 5.74) is 0.406. The maximum absolute atomic E-state index is 14.0. The maximum Gasteiger partial charge on any atom is 0.418 e. The van der Waals surface area contributed by atoms with Gasteiger partial charge in [-0.3, -0.25) is 23.7 Å². The standard InChI is InChI=1S/C31H25F3N4O4S2/c1-36(2)19-14-12-17(13-15-19)23-24-25(28(41)38(27(24)40)21-11-7-6-10-20(21)31(32,33)34)43-29-26(23)44-30(42)37(29)16-22(39)35-18-8-4-3-5-9-18/h3-15,23-25H,16H2,1-2H3,(H,35,39)/t23-,24-,25+/m0/s1. The molecule has 226 valence electrons. The molecule has 1 aromatic heterocycles. The van der Waals surface area contributed by atoms with Crippen molar-refractivity contribution in [3.8, 4) is 0 Å². The van der Waals surface area contributed by atoms with Crippen molar-refractivity contribution in [2.24, 2.45) is 5.92 Å². The molecule has 1 saturated heterocycles. The Balaban J connectivity index is 1.45. The quantitative estimate of drug-likeness (QED) is 0.284. The number of fused-ring (bicyclic) bond motifs is 2. The highest BCUT2D eigenvalue weighted by atomic mass is 32.2. The van der Waals surface area contributed by atoms with Crippen LogP contribution in [0.15, 0.2) is 88.7 Å². The van der Waals surface area contributed by atoms with Gasteiger partial charge in [0.25, 0.3) is 0 Å². The average Bonchev–Trinajstić information content (AvgIpc) is 3.43. The number of nitrogens with one attached hydrogen (secondary N) is 1. The summed E-state index contributed by atoms with van der Waals surface area (Å²) in [4.78, 5) is 56.8. The SMILES string of the molecule is CN(C)c1ccc([C@@H]2c3sc(=O)n(CC(=O)Nc4ccccc4)c3S[C@H]3C(=O)N(c4ccccc4C(F)(F)F)C(=O)[C@@H]23)cc1. The van der Waals surface area contributed by atoms with E-state index in [1.54, 1.807) is 42.5 Å². The summed E-state index contributed by atoms with van der Waals surface area (Å²) in [6.07, 6.45) is -4.80. The fraction of sp³-hybridized carbons (Fsp3) is 0.226. The molecule has 0 spiro atoms. The van der Waals surface area contributed by atoms with Crippen LogP contribution in [-0.4, -0.2) is 41.6 Å². The highest BCUT2D eigenvalue weighted by Crippen LogP contribution is 2.54. The summed E-state index contributed by atoms with van der Waals surface area (Å²) in [6, 6.07) is 20.4. The summed E-state index contributed by atoms with van der Waals surface area (Å²) in [5.74, 6) is -3.92. The predicted molar refractivity (Wildman–Crippen MR) is 163 cm³/mol. The van der Waals surface area contributed by atoms with Gasteiger partial charge in [-0.15, -0.1) is 0 Å². The van der Waals surface area contributed by atoms with E-state index in [1.807, 2.05) is 31.1 Å². The Bertz CT molecular complexity index is 1820. The van der Waals surface area contributed by atoms with Gasteiger partial charge in [0.1, 0.15) is 11.8 Å². The highest BCUT2D eigenvalue weighted by Gasteiger charge is 2.57. The summed E-state index contributed by atoms with van der Waals surface area (Å²) >= 11 is 1.81. The second kappa shape index (κ2) is 11.3. The molecule has 3 atom stereocenters. The molecule has 44 heavy (non-hydrogen) atoms. The van der Waals surface area contributed by atoms with Gasteiger partial charge < -0.3 is 10.2 Å². The third kappa shape index (κ3) is 5.19. The van der Waals surface area contributed by atoms with Crippen LogP contribution in [0.25, 0.3) is 0 Å². The normalized spacial score (nSPS) is 19.5. The lowest BCUT2D eigenvalue weighted by molar-refractivity contribution is -0.137. The molecule has 6 rings (SSSR count). The van der Waals surface area contributed by atoms with Crippen molar-refractivity contribution in [3.05, 3.63) is 105 Å². The average molecular weight is 639 g/mol. The van der Waals surface area contributed by atoms with Crippen molar-refractivity contribution in [1.82, 2.24) is 4.57 Å². The second-order valence-corrected chi connectivity index (χ2v) is 12.7. The molecule has 4 aromatic rings. The third-order valence-electron chi connectivity index (χ3n) is 7.63. The van der Waals surface area contributed by atoms with Gasteiger partial charge in [-0.05, 0) is 42.0 Å². The molecule has 2 aliphatic heterocycles. The number of alkyl halides is 3. The first kappa shape index (κ1) is 29.7. The predicted octanol–water partition coefficient (Wildman–Crippen LogP) is 5.43. The van der Waals surface area contributed by atoms with Crippen molar-refractivity contribution in [1.29, 1.82) is 0 Å². The number of hydrogen-bond donors (Lipinski definition) is 1. The lowest BCUT2D eigenvalue weighted by Crippen LogP contribution is -2.33. The molecular weight excluding hydrogens is 613 g/mol. The van der Waals surface area contributed by atoms with Gasteiger partial charge in [0.05, 0.1) is 22.2 Å². The minimum Gasteiger partial charge on any atom is -0.378 e. The summed E-state index contributed by atoms with van der Waals surface area (Å²) in [7, 11) is 3.73. The van der Waals surface area contributed by atoms with E-state index >= 15 is 0 Å². The summed E-state index contributed by atoms with van der Waals surface area (Å²) in [6.45, 7) is -0.348. The van der Waals surface area contributed by atoms with E-state index in [9.17, 15) is 32.3 Å². The van der Waals surface area contributed by atoms with Crippen LogP contribution < -0.4 is 20.0 Å². The van der Waals surface area contributed by atoms with Gasteiger partial charge >= 0.3 is 11.0 Å². The van der Waals surface area contributed by atoms with E-state index in [0.717, 1.165) is 40.9 Å². The van der Waals surface area contributed by atoms with Crippen molar-refractivity contribution < 1.29 is 27.6 Å². The monoisotopic (exact) mass is 638 g/mol. The van der Waals surface area contributed by atoms with E-state index in [0.29, 0.717) is 26.1 Å². The second-order valence-electron chi connectivity index (χ2n) is 10.6. The van der Waals surface area contributed by atoms with Crippen molar-refractivity contribution in [2.75, 3.05) is 29.2 Å². The first-order valence-electron chi connectivity index (χ1n) is 13.5. The van der Waals surface area contributed by atoms with Crippen LogP contribution in [-0.2, 0) is 27.1 Å². The topological polar surface area (TPSA) is 91.7 Å². The van der Waals surface area contributed by atoms with Crippen LogP contribution in [0.3, 0.4) is 0 Å². The maximum atomic E-state index is 14.0. The number of thioether (sulfide) groups is 1. The Morgan fingerprint density at radius 3 is 2.23 bits per heavy atom. The number of hydrogen-bond acceptors (Lipinski definition) is 7. The molecule has 0 radical (unpaired) electrons. The Morgan fingerprint density at radius 1 is 0.909 bits per heavy atom. The largest absolute Gasteiger partial charge is 0.418 e. The molecule has 0 aliphatic carbocycles. The zero-order valence-corrected chi connectivity index (χ0v) is 25.0. The fourth-order valence-electron chi connectivity index (χ4n) is 5.61. The lowest BCUT2D eigenvalue weighted by Gasteiger charge is -2.31. The van der Waals surface area contributed by atoms with Crippen LogP contribution in [0.5, 0.6) is 0 Å². The van der Waals surface area contributed by atoms with Crippen LogP contribution >= 0.6 is 23.1 Å². The van der Waals surface area contributed by atoms with E-state index in [4.69, 9.17) is 0 Å². The Kier molecular flexibility index (Phi) is 7.62. The minimum absolute atomic E-state index is 0.346. The molecule has 3 aromatic carbocycles. The molecule has 8 nitrogen and oxygen atoms in total.